The number of halogens is 3. The van der Waals surface area contributed by atoms with Crippen molar-refractivity contribution in [1.29, 1.82) is 0 Å². The molecule has 0 saturated heterocycles. The molecule has 0 aliphatic heterocycles. The van der Waals surface area contributed by atoms with Crippen molar-refractivity contribution >= 4 is 23.2 Å². The number of ether oxygens (including phenoxy) is 1. The Morgan fingerprint density at radius 2 is 1.54 bits per heavy atom. The number of carbonyl (C=O) groups excluding carboxylic acids is 2. The zero-order valence-electron chi connectivity index (χ0n) is 25.1. The van der Waals surface area contributed by atoms with E-state index in [0.29, 0.717) is 25.3 Å². The third kappa shape index (κ3) is 17.7. The molecule has 0 fully saturated rings. The molecule has 0 saturated carbocycles. The van der Waals surface area contributed by atoms with Crippen molar-refractivity contribution in [3.05, 3.63) is 51.7 Å². The Labute approximate surface area is 247 Å². The Balaban J connectivity index is 0.000000422. The van der Waals surface area contributed by atoms with Gasteiger partial charge in [-0.05, 0) is 73.4 Å². The number of unbranched alkanes of at least 4 members (excludes halogenated alkanes) is 1. The molecule has 0 aliphatic carbocycles. The molecule has 232 valence electrons. The average Bonchev–Trinajstić information content (AvgIpc) is 3.37. The third-order valence-electron chi connectivity index (χ3n) is 6.08. The van der Waals surface area contributed by atoms with Crippen LogP contribution >= 0.6 is 11.3 Å². The van der Waals surface area contributed by atoms with E-state index < -0.39 is 12.6 Å². The summed E-state index contributed by atoms with van der Waals surface area (Å²) in [4.78, 5) is 27.4. The molecule has 2 aromatic rings. The maximum atomic E-state index is 12.0. The molecule has 0 bridgehead atoms. The van der Waals surface area contributed by atoms with Gasteiger partial charge in [-0.15, -0.1) is 11.3 Å². The Morgan fingerprint density at radius 1 is 0.902 bits per heavy atom. The van der Waals surface area contributed by atoms with Crippen molar-refractivity contribution in [3.8, 4) is 5.75 Å². The molecule has 1 heterocycles. The first kappa shape index (κ1) is 36.4. The number of likely N-dealkylation sites (N-methyl/N-ethyl adjacent to an activating group) is 2. The van der Waals surface area contributed by atoms with E-state index in [1.165, 1.54) is 34.6 Å². The van der Waals surface area contributed by atoms with Gasteiger partial charge in [0.15, 0.2) is 0 Å². The second kappa shape index (κ2) is 20.3. The van der Waals surface area contributed by atoms with Crippen molar-refractivity contribution in [2.24, 2.45) is 0 Å². The molecule has 2 amide bonds. The van der Waals surface area contributed by atoms with Gasteiger partial charge in [0.1, 0.15) is 5.75 Å². The first-order chi connectivity index (χ1) is 19.4. The molecule has 0 aliphatic rings. The van der Waals surface area contributed by atoms with E-state index in [-0.39, 0.29) is 31.4 Å². The number of benzene rings is 1. The molecule has 11 heteroatoms. The van der Waals surface area contributed by atoms with Gasteiger partial charge in [0.05, 0.1) is 19.7 Å². The van der Waals surface area contributed by atoms with Crippen molar-refractivity contribution < 1.29 is 27.5 Å². The molecule has 41 heavy (non-hydrogen) atoms. The van der Waals surface area contributed by atoms with Gasteiger partial charge in [-0.25, -0.2) is 0 Å². The SMILES string of the molecule is CCCCc1ccsc1CCNCC(=O)N(C)C.CN(C)C(=O)CNCCc1cccc(OCCCC(F)(F)F)c1. The second-order valence-corrected chi connectivity index (χ2v) is 11.1. The highest BCUT2D eigenvalue weighted by Crippen LogP contribution is 2.22. The lowest BCUT2D eigenvalue weighted by atomic mass is 10.1. The summed E-state index contributed by atoms with van der Waals surface area (Å²) in [5.74, 6) is 0.702. The van der Waals surface area contributed by atoms with Crippen molar-refractivity contribution in [3.63, 3.8) is 0 Å². The van der Waals surface area contributed by atoms with Gasteiger partial charge in [-0.2, -0.15) is 13.2 Å². The van der Waals surface area contributed by atoms with Gasteiger partial charge < -0.3 is 25.2 Å². The number of thiophene rings is 1. The van der Waals surface area contributed by atoms with E-state index in [4.69, 9.17) is 4.74 Å². The quantitative estimate of drug-likeness (QED) is 0.252. The van der Waals surface area contributed by atoms with Crippen LogP contribution in [0.3, 0.4) is 0 Å². The molecular formula is C30H47F3N4O3S. The summed E-state index contributed by atoms with van der Waals surface area (Å²) in [6.07, 6.45) is 0.393. The maximum absolute atomic E-state index is 12.0. The predicted molar refractivity (Wildman–Crippen MR) is 161 cm³/mol. The highest BCUT2D eigenvalue weighted by molar-refractivity contribution is 7.10. The summed E-state index contributed by atoms with van der Waals surface area (Å²) in [5.41, 5.74) is 2.49. The Hall–Kier alpha value is -2.63. The molecule has 2 rings (SSSR count). The minimum absolute atomic E-state index is 0.00625. The Bertz CT molecular complexity index is 1010. The lowest BCUT2D eigenvalue weighted by Gasteiger charge is -2.11. The van der Waals surface area contributed by atoms with Crippen LogP contribution in [0.2, 0.25) is 0 Å². The fourth-order valence-electron chi connectivity index (χ4n) is 3.57. The number of aryl methyl sites for hydroxylation is 1. The summed E-state index contributed by atoms with van der Waals surface area (Å²) < 4.78 is 41.4. The first-order valence-corrected chi connectivity index (χ1v) is 15.0. The lowest BCUT2D eigenvalue weighted by Crippen LogP contribution is -2.33. The molecule has 0 spiro atoms. The van der Waals surface area contributed by atoms with E-state index in [2.05, 4.69) is 29.0 Å². The standard InChI is InChI=1S/C16H23F3N2O2.C14H24N2OS/c1-21(2)15(22)12-20-9-7-13-5-3-6-14(11-13)23-10-4-8-16(17,18)19;1-4-5-6-12-8-10-18-13(12)7-9-15-11-14(17)16(2)3/h3,5-6,11,20H,4,7-10,12H2,1-2H3;8,10,15H,4-7,9,11H2,1-3H3. The fourth-order valence-corrected chi connectivity index (χ4v) is 4.51. The molecular weight excluding hydrogens is 553 g/mol. The average molecular weight is 601 g/mol. The van der Waals surface area contributed by atoms with Gasteiger partial charge in [-0.1, -0.05) is 25.5 Å². The number of nitrogens with zero attached hydrogens (tertiary/aromatic N) is 2. The zero-order chi connectivity index (χ0) is 30.7. The number of amides is 2. The minimum Gasteiger partial charge on any atom is -0.494 e. The van der Waals surface area contributed by atoms with E-state index in [1.54, 1.807) is 45.2 Å². The number of hydrogen-bond acceptors (Lipinski definition) is 6. The molecule has 1 aromatic carbocycles. The van der Waals surface area contributed by atoms with E-state index in [1.807, 2.05) is 23.5 Å². The van der Waals surface area contributed by atoms with Gasteiger partial charge >= 0.3 is 6.18 Å². The third-order valence-corrected chi connectivity index (χ3v) is 7.10. The summed E-state index contributed by atoms with van der Waals surface area (Å²) in [6.45, 7) is 4.48. The van der Waals surface area contributed by atoms with Gasteiger partial charge in [-0.3, -0.25) is 9.59 Å². The van der Waals surface area contributed by atoms with Crippen molar-refractivity contribution in [1.82, 2.24) is 20.4 Å². The molecule has 0 unspecified atom stereocenters. The highest BCUT2D eigenvalue weighted by Gasteiger charge is 2.26. The molecule has 2 N–H and O–H groups in total. The largest absolute Gasteiger partial charge is 0.494 e. The number of alkyl halides is 3. The number of rotatable bonds is 17. The van der Waals surface area contributed by atoms with Crippen LogP contribution < -0.4 is 15.4 Å². The van der Waals surface area contributed by atoms with Crippen LogP contribution in [0.5, 0.6) is 5.75 Å². The van der Waals surface area contributed by atoms with Gasteiger partial charge in [0.25, 0.3) is 0 Å². The Kier molecular flexibility index (Phi) is 18.0. The van der Waals surface area contributed by atoms with E-state index in [9.17, 15) is 22.8 Å². The topological polar surface area (TPSA) is 73.9 Å². The number of hydrogen-bond donors (Lipinski definition) is 2. The minimum atomic E-state index is -4.14. The summed E-state index contributed by atoms with van der Waals surface area (Å²) >= 11 is 1.83. The van der Waals surface area contributed by atoms with Crippen LogP contribution in [-0.2, 0) is 28.9 Å². The monoisotopic (exact) mass is 600 g/mol. The van der Waals surface area contributed by atoms with Crippen molar-refractivity contribution in [2.45, 2.75) is 58.0 Å². The summed E-state index contributed by atoms with van der Waals surface area (Å²) in [7, 11) is 6.96. The normalized spacial score (nSPS) is 11.0. The van der Waals surface area contributed by atoms with Crippen LogP contribution in [0.1, 0.15) is 48.6 Å². The highest BCUT2D eigenvalue weighted by atomic mass is 32.1. The smallest absolute Gasteiger partial charge is 0.389 e. The van der Waals surface area contributed by atoms with Gasteiger partial charge in [0.2, 0.25) is 11.8 Å². The van der Waals surface area contributed by atoms with E-state index in [0.717, 1.165) is 18.5 Å². The second-order valence-electron chi connectivity index (χ2n) is 10.1. The van der Waals surface area contributed by atoms with Crippen LogP contribution in [0.15, 0.2) is 35.7 Å². The Morgan fingerprint density at radius 3 is 2.12 bits per heavy atom. The summed E-state index contributed by atoms with van der Waals surface area (Å²) in [5, 5.41) is 8.42. The van der Waals surface area contributed by atoms with Crippen LogP contribution in [-0.4, -0.2) is 88.8 Å². The fraction of sp³-hybridized carbons (Fsp3) is 0.600. The lowest BCUT2D eigenvalue weighted by molar-refractivity contribution is -0.136. The molecule has 7 nitrogen and oxygen atoms in total. The summed E-state index contributed by atoms with van der Waals surface area (Å²) in [6, 6.07) is 9.49. The van der Waals surface area contributed by atoms with Crippen molar-refractivity contribution in [2.75, 3.05) is 61.0 Å². The number of nitrogens with one attached hydrogen (secondary N) is 2. The van der Waals surface area contributed by atoms with Crippen LogP contribution in [0.4, 0.5) is 13.2 Å². The predicted octanol–water partition coefficient (Wildman–Crippen LogP) is 4.94. The van der Waals surface area contributed by atoms with Gasteiger partial charge in [0, 0.05) is 46.0 Å². The van der Waals surface area contributed by atoms with Crippen LogP contribution in [0.25, 0.3) is 0 Å². The maximum Gasteiger partial charge on any atom is 0.389 e. The zero-order valence-corrected chi connectivity index (χ0v) is 25.9. The number of carbonyl (C=O) groups is 2. The van der Waals surface area contributed by atoms with Crippen LogP contribution in [0, 0.1) is 0 Å². The molecule has 0 atom stereocenters. The molecule has 1 aromatic heterocycles. The molecule has 0 radical (unpaired) electrons. The van der Waals surface area contributed by atoms with E-state index >= 15 is 0 Å². The first-order valence-electron chi connectivity index (χ1n) is 14.1.